The molecule has 0 aromatic heterocycles. The molecule has 0 bridgehead atoms. The molecule has 0 aliphatic carbocycles. The molecule has 182 valence electrons. The van der Waals surface area contributed by atoms with Gasteiger partial charge in [0.05, 0.1) is 12.5 Å². The van der Waals surface area contributed by atoms with Gasteiger partial charge in [0.25, 0.3) is 0 Å². The van der Waals surface area contributed by atoms with Crippen LogP contribution in [0.2, 0.25) is 0 Å². The molecule has 3 amide bonds. The summed E-state index contributed by atoms with van der Waals surface area (Å²) in [6.07, 6.45) is 0.0135. The first-order chi connectivity index (χ1) is 15.5. The number of carbonyl (C=O) groups is 5. The van der Waals surface area contributed by atoms with Crippen molar-refractivity contribution in [2.45, 2.75) is 64.2 Å². The van der Waals surface area contributed by atoms with Crippen molar-refractivity contribution < 1.29 is 34.2 Å². The number of aliphatic carboxylic acids is 2. The van der Waals surface area contributed by atoms with E-state index in [-0.39, 0.29) is 12.3 Å². The molecule has 1 rings (SSSR count). The summed E-state index contributed by atoms with van der Waals surface area (Å²) >= 11 is 0. The lowest BCUT2D eigenvalue weighted by atomic mass is 9.97. The summed E-state index contributed by atoms with van der Waals surface area (Å²) in [6.45, 7) is 4.91. The van der Waals surface area contributed by atoms with Crippen LogP contribution < -0.4 is 21.7 Å². The zero-order valence-electron chi connectivity index (χ0n) is 18.9. The number of nitrogens with two attached hydrogens (primary N) is 1. The van der Waals surface area contributed by atoms with Crippen molar-refractivity contribution in [2.75, 3.05) is 0 Å². The molecular formula is C22H32N4O7. The van der Waals surface area contributed by atoms with Gasteiger partial charge in [-0.25, -0.2) is 4.79 Å². The van der Waals surface area contributed by atoms with Crippen LogP contribution in [0.1, 0.15) is 39.2 Å². The molecule has 0 spiro atoms. The lowest BCUT2D eigenvalue weighted by Gasteiger charge is -2.26. The third-order valence-corrected chi connectivity index (χ3v) is 5.17. The molecular weight excluding hydrogens is 432 g/mol. The summed E-state index contributed by atoms with van der Waals surface area (Å²) in [5.74, 6) is -5.23. The topological polar surface area (TPSA) is 188 Å². The van der Waals surface area contributed by atoms with E-state index in [0.29, 0.717) is 6.42 Å². The number of amides is 3. The maximum absolute atomic E-state index is 12.8. The molecule has 0 saturated heterocycles. The van der Waals surface area contributed by atoms with Crippen LogP contribution in [0.4, 0.5) is 0 Å². The average molecular weight is 465 g/mol. The van der Waals surface area contributed by atoms with Gasteiger partial charge in [-0.1, -0.05) is 50.6 Å². The Kier molecular flexibility index (Phi) is 11.0. The van der Waals surface area contributed by atoms with Crippen LogP contribution in [0, 0.1) is 5.92 Å². The fraction of sp³-hybridized carbons (Fsp3) is 0.500. The Hall–Kier alpha value is -3.47. The number of rotatable bonds is 13. The largest absolute Gasteiger partial charge is 0.481 e. The maximum atomic E-state index is 12.8. The maximum Gasteiger partial charge on any atom is 0.326 e. The lowest BCUT2D eigenvalue weighted by molar-refractivity contribution is -0.147. The smallest absolute Gasteiger partial charge is 0.326 e. The summed E-state index contributed by atoms with van der Waals surface area (Å²) in [4.78, 5) is 59.6. The summed E-state index contributed by atoms with van der Waals surface area (Å²) in [5.41, 5.74) is 6.87. The minimum Gasteiger partial charge on any atom is -0.481 e. The van der Waals surface area contributed by atoms with E-state index in [1.54, 1.807) is 6.92 Å². The zero-order valence-corrected chi connectivity index (χ0v) is 18.9. The second kappa shape index (κ2) is 13.2. The van der Waals surface area contributed by atoms with Crippen LogP contribution in [0.5, 0.6) is 0 Å². The van der Waals surface area contributed by atoms with Gasteiger partial charge in [-0.15, -0.1) is 0 Å². The van der Waals surface area contributed by atoms with E-state index >= 15 is 0 Å². The highest BCUT2D eigenvalue weighted by Crippen LogP contribution is 2.10. The molecule has 11 nitrogen and oxygen atoms in total. The van der Waals surface area contributed by atoms with Gasteiger partial charge in [-0.3, -0.25) is 19.2 Å². The number of benzene rings is 1. The van der Waals surface area contributed by atoms with E-state index in [9.17, 15) is 24.0 Å². The summed E-state index contributed by atoms with van der Waals surface area (Å²) in [7, 11) is 0. The number of carboxylic acid groups (broad SMARTS) is 2. The Labute approximate surface area is 192 Å². The van der Waals surface area contributed by atoms with Crippen LogP contribution in [0.3, 0.4) is 0 Å². The standard InChI is InChI=1S/C22H32N4O7/c1-4-12(2)18(26-20(30)15(23)10-14-8-6-5-7-9-14)21(31)24-13(3)19(29)25-16(22(32)33)11-17(27)28/h5-9,12-13,15-16,18H,4,10-11,23H2,1-3H3,(H,24,31)(H,25,29)(H,26,30)(H,27,28)(H,32,33). The highest BCUT2D eigenvalue weighted by atomic mass is 16.4. The molecule has 0 aliphatic heterocycles. The zero-order chi connectivity index (χ0) is 25.1. The van der Waals surface area contributed by atoms with Crippen molar-refractivity contribution in [3.05, 3.63) is 35.9 Å². The molecule has 0 radical (unpaired) electrons. The van der Waals surface area contributed by atoms with Crippen LogP contribution >= 0.6 is 0 Å². The van der Waals surface area contributed by atoms with Crippen LogP contribution in [-0.2, 0) is 30.4 Å². The molecule has 0 aliphatic rings. The van der Waals surface area contributed by atoms with Gasteiger partial charge in [0.2, 0.25) is 17.7 Å². The third-order valence-electron chi connectivity index (χ3n) is 5.17. The first-order valence-electron chi connectivity index (χ1n) is 10.6. The quantitative estimate of drug-likeness (QED) is 0.228. The summed E-state index contributed by atoms with van der Waals surface area (Å²) in [5, 5.41) is 25.0. The monoisotopic (exact) mass is 464 g/mol. The molecule has 1 aromatic carbocycles. The minimum atomic E-state index is -1.64. The van der Waals surface area contributed by atoms with Crippen molar-refractivity contribution in [1.82, 2.24) is 16.0 Å². The molecule has 11 heteroatoms. The van der Waals surface area contributed by atoms with E-state index in [0.717, 1.165) is 5.56 Å². The minimum absolute atomic E-state index is 0.278. The Bertz CT molecular complexity index is 846. The number of hydrogen-bond acceptors (Lipinski definition) is 6. The first kappa shape index (κ1) is 27.6. The van der Waals surface area contributed by atoms with Crippen molar-refractivity contribution in [3.63, 3.8) is 0 Å². The highest BCUT2D eigenvalue weighted by Gasteiger charge is 2.31. The van der Waals surface area contributed by atoms with E-state index in [1.807, 2.05) is 37.3 Å². The number of nitrogens with one attached hydrogen (secondary N) is 3. The molecule has 5 unspecified atom stereocenters. The Morgan fingerprint density at radius 2 is 1.52 bits per heavy atom. The number of carbonyl (C=O) groups excluding carboxylic acids is 3. The van der Waals surface area contributed by atoms with Crippen molar-refractivity contribution in [2.24, 2.45) is 11.7 Å². The average Bonchev–Trinajstić information content (AvgIpc) is 2.76. The fourth-order valence-corrected chi connectivity index (χ4v) is 2.96. The number of hydrogen-bond donors (Lipinski definition) is 6. The van der Waals surface area contributed by atoms with Gasteiger partial charge < -0.3 is 31.9 Å². The molecule has 7 N–H and O–H groups in total. The van der Waals surface area contributed by atoms with Crippen molar-refractivity contribution in [1.29, 1.82) is 0 Å². The van der Waals surface area contributed by atoms with Crippen molar-refractivity contribution >= 4 is 29.7 Å². The normalized spacial score (nSPS) is 15.3. The van der Waals surface area contributed by atoms with E-state index < -0.39 is 60.2 Å². The Morgan fingerprint density at radius 3 is 2.03 bits per heavy atom. The van der Waals surface area contributed by atoms with Crippen LogP contribution in [0.25, 0.3) is 0 Å². The molecule has 1 aromatic rings. The summed E-state index contributed by atoms with van der Waals surface area (Å²) in [6, 6.07) is 4.48. The third kappa shape index (κ3) is 9.27. The first-order valence-corrected chi connectivity index (χ1v) is 10.6. The molecule has 0 fully saturated rings. The van der Waals surface area contributed by atoms with Gasteiger partial charge in [-0.05, 0) is 24.8 Å². The SMILES string of the molecule is CCC(C)C(NC(=O)C(N)Cc1ccccc1)C(=O)NC(C)C(=O)NC(CC(=O)O)C(=O)O. The molecule has 0 heterocycles. The van der Waals surface area contributed by atoms with Gasteiger partial charge in [0.15, 0.2) is 0 Å². The predicted octanol–water partition coefficient (Wildman–Crippen LogP) is -0.364. The van der Waals surface area contributed by atoms with E-state index in [4.69, 9.17) is 15.9 Å². The molecule has 33 heavy (non-hydrogen) atoms. The van der Waals surface area contributed by atoms with Gasteiger partial charge >= 0.3 is 11.9 Å². The predicted molar refractivity (Wildman–Crippen MR) is 119 cm³/mol. The summed E-state index contributed by atoms with van der Waals surface area (Å²) < 4.78 is 0. The van der Waals surface area contributed by atoms with E-state index in [1.165, 1.54) is 6.92 Å². The molecule has 0 saturated carbocycles. The van der Waals surface area contributed by atoms with Crippen LogP contribution in [-0.4, -0.2) is 64.0 Å². The van der Waals surface area contributed by atoms with Gasteiger partial charge in [0.1, 0.15) is 18.1 Å². The second-order valence-electron chi connectivity index (χ2n) is 7.90. The Morgan fingerprint density at radius 1 is 0.909 bits per heavy atom. The van der Waals surface area contributed by atoms with Crippen molar-refractivity contribution in [3.8, 4) is 0 Å². The van der Waals surface area contributed by atoms with E-state index in [2.05, 4.69) is 16.0 Å². The Balaban J connectivity index is 2.79. The number of carboxylic acids is 2. The highest BCUT2D eigenvalue weighted by molar-refractivity contribution is 5.94. The second-order valence-corrected chi connectivity index (χ2v) is 7.90. The molecule has 5 atom stereocenters. The fourth-order valence-electron chi connectivity index (χ4n) is 2.96. The van der Waals surface area contributed by atoms with Gasteiger partial charge in [0, 0.05) is 0 Å². The van der Waals surface area contributed by atoms with Crippen LogP contribution in [0.15, 0.2) is 30.3 Å². The van der Waals surface area contributed by atoms with Gasteiger partial charge in [-0.2, -0.15) is 0 Å². The lowest BCUT2D eigenvalue weighted by Crippen LogP contribution is -2.58.